The molecule has 3 aromatic rings. The van der Waals surface area contributed by atoms with Gasteiger partial charge in [0, 0.05) is 24.8 Å². The Morgan fingerprint density at radius 3 is 2.95 bits per heavy atom. The lowest BCUT2D eigenvalue weighted by Crippen LogP contribution is -2.16. The van der Waals surface area contributed by atoms with Gasteiger partial charge in [-0.2, -0.15) is 5.10 Å². The molecule has 5 nitrogen and oxygen atoms in total. The second-order valence-electron chi connectivity index (χ2n) is 4.62. The second-order valence-corrected chi connectivity index (χ2v) is 4.62. The van der Waals surface area contributed by atoms with Crippen molar-refractivity contribution in [2.75, 3.05) is 0 Å². The summed E-state index contributed by atoms with van der Waals surface area (Å²) in [6.07, 6.45) is 5.69. The highest BCUT2D eigenvalue weighted by atomic mass is 15.3. The van der Waals surface area contributed by atoms with Crippen molar-refractivity contribution in [2.45, 2.75) is 26.1 Å². The fourth-order valence-corrected chi connectivity index (χ4v) is 2.22. The van der Waals surface area contributed by atoms with Gasteiger partial charge in [-0.1, -0.05) is 12.1 Å². The number of fused-ring (bicyclic) bond motifs is 1. The molecule has 1 aromatic carbocycles. The van der Waals surface area contributed by atoms with Crippen LogP contribution in [-0.4, -0.2) is 19.3 Å². The van der Waals surface area contributed by atoms with Gasteiger partial charge in [-0.3, -0.25) is 4.68 Å². The van der Waals surface area contributed by atoms with Crippen LogP contribution in [0.4, 0.5) is 0 Å². The third-order valence-corrected chi connectivity index (χ3v) is 3.33. The Bertz CT molecular complexity index is 682. The number of aryl methyl sites for hydroxylation is 1. The molecule has 1 atom stereocenters. The first-order valence-corrected chi connectivity index (χ1v) is 6.45. The summed E-state index contributed by atoms with van der Waals surface area (Å²) in [7, 11) is 0. The molecule has 0 radical (unpaired) electrons. The normalized spacial score (nSPS) is 12.9. The molecular formula is C14H17N5. The van der Waals surface area contributed by atoms with Crippen molar-refractivity contribution in [3.05, 3.63) is 48.5 Å². The zero-order valence-corrected chi connectivity index (χ0v) is 10.9. The summed E-state index contributed by atoms with van der Waals surface area (Å²) in [6, 6.07) is 8.00. The number of nitrogens with zero attached hydrogens (tertiary/aromatic N) is 4. The molecule has 2 heterocycles. The molecule has 2 N–H and O–H groups in total. The maximum absolute atomic E-state index is 6.24. The Hall–Kier alpha value is -2.14. The molecule has 0 aliphatic heterocycles. The zero-order chi connectivity index (χ0) is 13.2. The predicted molar refractivity (Wildman–Crippen MR) is 74.6 cm³/mol. The fraction of sp³-hybridized carbons (Fsp3) is 0.286. The first-order chi connectivity index (χ1) is 9.28. The van der Waals surface area contributed by atoms with Crippen LogP contribution in [0.3, 0.4) is 0 Å². The SMILES string of the molecule is CCn1cc(C(N)Cn2cnc3ccccc32)cn1. The van der Waals surface area contributed by atoms with Gasteiger partial charge in [-0.05, 0) is 19.1 Å². The topological polar surface area (TPSA) is 61.7 Å². The third kappa shape index (κ3) is 2.24. The van der Waals surface area contributed by atoms with Crippen LogP contribution in [0.5, 0.6) is 0 Å². The van der Waals surface area contributed by atoms with Crippen LogP contribution in [-0.2, 0) is 13.1 Å². The molecule has 0 saturated carbocycles. The van der Waals surface area contributed by atoms with E-state index in [1.165, 1.54) is 0 Å². The summed E-state index contributed by atoms with van der Waals surface area (Å²) >= 11 is 0. The molecule has 19 heavy (non-hydrogen) atoms. The van der Waals surface area contributed by atoms with Crippen LogP contribution in [0.1, 0.15) is 18.5 Å². The zero-order valence-electron chi connectivity index (χ0n) is 10.9. The van der Waals surface area contributed by atoms with Gasteiger partial charge in [0.1, 0.15) is 0 Å². The molecular weight excluding hydrogens is 238 g/mol. The van der Waals surface area contributed by atoms with Crippen LogP contribution < -0.4 is 5.73 Å². The third-order valence-electron chi connectivity index (χ3n) is 3.33. The summed E-state index contributed by atoms with van der Waals surface area (Å²) in [5.74, 6) is 0. The van der Waals surface area contributed by atoms with E-state index in [1.807, 2.05) is 41.6 Å². The van der Waals surface area contributed by atoms with Gasteiger partial charge in [0.25, 0.3) is 0 Å². The highest BCUT2D eigenvalue weighted by Gasteiger charge is 2.11. The molecule has 98 valence electrons. The number of hydrogen-bond acceptors (Lipinski definition) is 3. The lowest BCUT2D eigenvalue weighted by molar-refractivity contribution is 0.586. The molecule has 0 saturated heterocycles. The Balaban J connectivity index is 1.84. The molecule has 0 bridgehead atoms. The second kappa shape index (κ2) is 4.85. The van der Waals surface area contributed by atoms with Crippen LogP contribution in [0.2, 0.25) is 0 Å². The number of aromatic nitrogens is 4. The molecule has 2 aromatic heterocycles. The molecule has 0 aliphatic rings. The number of para-hydroxylation sites is 2. The van der Waals surface area contributed by atoms with Crippen molar-refractivity contribution < 1.29 is 0 Å². The van der Waals surface area contributed by atoms with E-state index in [0.29, 0.717) is 6.54 Å². The molecule has 0 aliphatic carbocycles. The molecule has 0 spiro atoms. The standard InChI is InChI=1S/C14H17N5/c1-2-19-8-11(7-17-19)12(15)9-18-10-16-13-5-3-4-6-14(13)18/h3-8,10,12H,2,9,15H2,1H3. The van der Waals surface area contributed by atoms with E-state index in [0.717, 1.165) is 23.1 Å². The van der Waals surface area contributed by atoms with Crippen LogP contribution in [0, 0.1) is 0 Å². The molecule has 0 fully saturated rings. The Morgan fingerprint density at radius 1 is 1.32 bits per heavy atom. The summed E-state index contributed by atoms with van der Waals surface area (Å²) in [6.45, 7) is 3.63. The van der Waals surface area contributed by atoms with E-state index >= 15 is 0 Å². The molecule has 5 heteroatoms. The Morgan fingerprint density at radius 2 is 2.16 bits per heavy atom. The number of nitrogens with two attached hydrogens (primary N) is 1. The van der Waals surface area contributed by atoms with Gasteiger partial charge in [-0.15, -0.1) is 0 Å². The summed E-state index contributed by atoms with van der Waals surface area (Å²) in [5, 5.41) is 4.26. The quantitative estimate of drug-likeness (QED) is 0.775. The van der Waals surface area contributed by atoms with Gasteiger partial charge < -0.3 is 10.3 Å². The van der Waals surface area contributed by atoms with Gasteiger partial charge in [0.15, 0.2) is 0 Å². The fourth-order valence-electron chi connectivity index (χ4n) is 2.22. The summed E-state index contributed by atoms with van der Waals surface area (Å²) in [4.78, 5) is 4.37. The molecule has 1 unspecified atom stereocenters. The highest BCUT2D eigenvalue weighted by molar-refractivity contribution is 5.74. The van der Waals surface area contributed by atoms with E-state index in [9.17, 15) is 0 Å². The smallest absolute Gasteiger partial charge is 0.0958 e. The van der Waals surface area contributed by atoms with E-state index in [-0.39, 0.29) is 6.04 Å². The highest BCUT2D eigenvalue weighted by Crippen LogP contribution is 2.17. The Labute approximate surface area is 111 Å². The largest absolute Gasteiger partial charge is 0.329 e. The van der Waals surface area contributed by atoms with Crippen molar-refractivity contribution in [1.82, 2.24) is 19.3 Å². The monoisotopic (exact) mass is 255 g/mol. The van der Waals surface area contributed by atoms with Gasteiger partial charge in [0.05, 0.1) is 29.6 Å². The predicted octanol–water partition coefficient (Wildman–Crippen LogP) is 1.95. The average Bonchev–Trinajstić information content (AvgIpc) is 3.06. The summed E-state index contributed by atoms with van der Waals surface area (Å²) < 4.78 is 3.98. The molecule has 0 amide bonds. The number of rotatable bonds is 4. The number of benzene rings is 1. The van der Waals surface area contributed by atoms with E-state index in [2.05, 4.69) is 27.6 Å². The van der Waals surface area contributed by atoms with Crippen molar-refractivity contribution in [2.24, 2.45) is 5.73 Å². The lowest BCUT2D eigenvalue weighted by Gasteiger charge is -2.11. The maximum atomic E-state index is 6.24. The van der Waals surface area contributed by atoms with Crippen molar-refractivity contribution in [3.63, 3.8) is 0 Å². The van der Waals surface area contributed by atoms with Gasteiger partial charge in [-0.25, -0.2) is 4.98 Å². The molecule has 3 rings (SSSR count). The minimum Gasteiger partial charge on any atom is -0.329 e. The van der Waals surface area contributed by atoms with E-state index < -0.39 is 0 Å². The minimum atomic E-state index is -0.0714. The summed E-state index contributed by atoms with van der Waals surface area (Å²) in [5.41, 5.74) is 9.41. The van der Waals surface area contributed by atoms with Gasteiger partial charge in [0.2, 0.25) is 0 Å². The average molecular weight is 255 g/mol. The number of hydrogen-bond donors (Lipinski definition) is 1. The number of imidazole rings is 1. The van der Waals surface area contributed by atoms with Crippen LogP contribution in [0.25, 0.3) is 11.0 Å². The van der Waals surface area contributed by atoms with E-state index in [1.54, 1.807) is 0 Å². The van der Waals surface area contributed by atoms with Gasteiger partial charge >= 0.3 is 0 Å². The van der Waals surface area contributed by atoms with Crippen molar-refractivity contribution in [1.29, 1.82) is 0 Å². The van der Waals surface area contributed by atoms with Crippen molar-refractivity contribution in [3.8, 4) is 0 Å². The van der Waals surface area contributed by atoms with Crippen LogP contribution in [0.15, 0.2) is 43.0 Å². The Kier molecular flexibility index (Phi) is 3.05. The van der Waals surface area contributed by atoms with Crippen molar-refractivity contribution >= 4 is 11.0 Å². The maximum Gasteiger partial charge on any atom is 0.0958 e. The van der Waals surface area contributed by atoms with E-state index in [4.69, 9.17) is 5.73 Å². The lowest BCUT2D eigenvalue weighted by atomic mass is 10.2. The van der Waals surface area contributed by atoms with Crippen LogP contribution >= 0.6 is 0 Å². The first-order valence-electron chi connectivity index (χ1n) is 6.45. The first kappa shape index (κ1) is 11.9. The minimum absolute atomic E-state index is 0.0714.